The normalized spacial score (nSPS) is 21.9. The molecule has 3 atom stereocenters. The molecule has 0 spiro atoms. The van der Waals surface area contributed by atoms with Crippen LogP contribution in [0.4, 0.5) is 10.1 Å². The molecule has 2 heterocycles. The van der Waals surface area contributed by atoms with Gasteiger partial charge in [0.1, 0.15) is 24.0 Å². The third-order valence-electron chi connectivity index (χ3n) is 5.98. The first-order chi connectivity index (χ1) is 15.8. The summed E-state index contributed by atoms with van der Waals surface area (Å²) in [5.41, 5.74) is 5.83. The van der Waals surface area contributed by atoms with Crippen molar-refractivity contribution < 1.29 is 32.2 Å². The molecule has 0 aromatic heterocycles. The number of carbonyl (C=O) groups is 2. The summed E-state index contributed by atoms with van der Waals surface area (Å²) in [6, 6.07) is 1.56. The van der Waals surface area contributed by atoms with Crippen LogP contribution in [-0.2, 0) is 24.5 Å². The van der Waals surface area contributed by atoms with E-state index in [1.54, 1.807) is 13.8 Å². The minimum absolute atomic E-state index is 0.0204. The largest absolute Gasteiger partial charge is 0.506 e. The molecule has 0 aliphatic carbocycles. The molecule has 12 heteroatoms. The number of ether oxygens (including phenoxy) is 1. The van der Waals surface area contributed by atoms with Gasteiger partial charge in [-0.2, -0.15) is 12.7 Å². The zero-order chi connectivity index (χ0) is 25.5. The van der Waals surface area contributed by atoms with Crippen LogP contribution >= 0.6 is 0 Å². The number of nitrogens with one attached hydrogen (secondary N) is 1. The third kappa shape index (κ3) is 4.62. The van der Waals surface area contributed by atoms with Gasteiger partial charge in [0, 0.05) is 18.2 Å². The highest BCUT2D eigenvalue weighted by molar-refractivity contribution is 7.91. The van der Waals surface area contributed by atoms with Crippen LogP contribution in [0.3, 0.4) is 0 Å². The highest BCUT2D eigenvalue weighted by Gasteiger charge is 2.48. The number of aromatic hydroxyl groups is 1. The fraction of sp³-hybridized carbons (Fsp3) is 0.545. The van der Waals surface area contributed by atoms with Crippen molar-refractivity contribution in [1.82, 2.24) is 9.62 Å². The molecule has 2 aliphatic heterocycles. The van der Waals surface area contributed by atoms with E-state index in [1.165, 1.54) is 19.1 Å². The Hall–Kier alpha value is -2.70. The number of phenols is 1. The van der Waals surface area contributed by atoms with Crippen molar-refractivity contribution in [3.63, 3.8) is 0 Å². The molecule has 1 aromatic carbocycles. The fourth-order valence-electron chi connectivity index (χ4n) is 3.88. The minimum atomic E-state index is -4.67. The van der Waals surface area contributed by atoms with E-state index in [-0.39, 0.29) is 23.4 Å². The Kier molecular flexibility index (Phi) is 7.25. The van der Waals surface area contributed by atoms with E-state index in [4.69, 9.17) is 10.5 Å². The number of benzene rings is 1. The molecule has 2 unspecified atom stereocenters. The highest BCUT2D eigenvalue weighted by atomic mass is 32.2. The van der Waals surface area contributed by atoms with Gasteiger partial charge in [-0.1, -0.05) is 33.8 Å². The smallest absolute Gasteiger partial charge is 0.332 e. The summed E-state index contributed by atoms with van der Waals surface area (Å²) in [6.45, 7) is 8.20. The van der Waals surface area contributed by atoms with Crippen LogP contribution in [0.15, 0.2) is 18.2 Å². The van der Waals surface area contributed by atoms with Gasteiger partial charge in [-0.3, -0.25) is 9.59 Å². The molecule has 1 amide bonds. The van der Waals surface area contributed by atoms with Gasteiger partial charge in [-0.15, -0.1) is 0 Å². The maximum atomic E-state index is 15.6. The highest BCUT2D eigenvalue weighted by Crippen LogP contribution is 2.40. The zero-order valence-corrected chi connectivity index (χ0v) is 20.6. The number of nitrogens with zero attached hydrogens (tertiary/aromatic N) is 2. The molecular formula is C22H31FN4O6S. The SMILES string of the molecule is CC(C)C(N)C(=O)OC(C)N1C(=O)CN(c2c(O)ccc(C3=C[C@@H](C(C)C)NC3)c2F)S1(=O)=O. The van der Waals surface area contributed by atoms with Crippen LogP contribution in [0.2, 0.25) is 0 Å². The van der Waals surface area contributed by atoms with Crippen molar-refractivity contribution >= 4 is 33.3 Å². The summed E-state index contributed by atoms with van der Waals surface area (Å²) in [5.74, 6) is -3.44. The van der Waals surface area contributed by atoms with Crippen molar-refractivity contribution in [2.75, 3.05) is 17.4 Å². The third-order valence-corrected chi connectivity index (χ3v) is 7.84. The van der Waals surface area contributed by atoms with Crippen LogP contribution in [0.5, 0.6) is 5.75 Å². The minimum Gasteiger partial charge on any atom is -0.506 e. The summed E-state index contributed by atoms with van der Waals surface area (Å²) in [7, 11) is -4.67. The monoisotopic (exact) mass is 498 g/mol. The van der Waals surface area contributed by atoms with Crippen molar-refractivity contribution in [2.45, 2.75) is 52.9 Å². The van der Waals surface area contributed by atoms with Gasteiger partial charge in [0.05, 0.1) is 0 Å². The number of anilines is 1. The number of nitrogens with two attached hydrogens (primary N) is 1. The molecule has 1 fully saturated rings. The van der Waals surface area contributed by atoms with Gasteiger partial charge >= 0.3 is 16.2 Å². The van der Waals surface area contributed by atoms with Gasteiger partial charge in [0.2, 0.25) is 0 Å². The molecular weight excluding hydrogens is 467 g/mol. The van der Waals surface area contributed by atoms with Crippen LogP contribution in [0.25, 0.3) is 5.57 Å². The Bertz CT molecular complexity index is 1120. The number of hydrogen-bond donors (Lipinski definition) is 3. The molecule has 2 aliphatic rings. The molecule has 34 heavy (non-hydrogen) atoms. The second-order valence-corrected chi connectivity index (χ2v) is 10.9. The number of rotatable bonds is 7. The second kappa shape index (κ2) is 9.51. The Labute approximate surface area is 198 Å². The quantitative estimate of drug-likeness (QED) is 0.478. The number of esters is 1. The van der Waals surface area contributed by atoms with E-state index < -0.39 is 58.2 Å². The standard InChI is InChI=1S/C22H31FN4O6S/c1-11(2)16-8-14(9-25-16)15-6-7-17(28)21(19(15)23)26-10-18(29)27(34(26,31)32)13(5)33-22(30)20(24)12(3)4/h6-8,11-13,16,20,25,28H,9-10,24H2,1-5H3/t13?,16-,20?/m0/s1. The molecule has 0 saturated carbocycles. The molecule has 1 saturated heterocycles. The van der Waals surface area contributed by atoms with E-state index in [0.29, 0.717) is 20.7 Å². The first-order valence-corrected chi connectivity index (χ1v) is 12.4. The molecule has 1 aromatic rings. The number of amides is 1. The average molecular weight is 499 g/mol. The van der Waals surface area contributed by atoms with Crippen LogP contribution < -0.4 is 15.4 Å². The fourth-order valence-corrected chi connectivity index (χ4v) is 5.50. The lowest BCUT2D eigenvalue weighted by Crippen LogP contribution is -2.46. The van der Waals surface area contributed by atoms with E-state index in [9.17, 15) is 23.1 Å². The lowest BCUT2D eigenvalue weighted by Gasteiger charge is -2.26. The zero-order valence-electron chi connectivity index (χ0n) is 19.8. The van der Waals surface area contributed by atoms with Gasteiger partial charge in [0.15, 0.2) is 12.0 Å². The predicted molar refractivity (Wildman–Crippen MR) is 124 cm³/mol. The molecule has 3 rings (SSSR count). The molecule has 4 N–H and O–H groups in total. The van der Waals surface area contributed by atoms with Crippen LogP contribution in [-0.4, -0.2) is 61.1 Å². The Morgan fingerprint density at radius 3 is 2.47 bits per heavy atom. The summed E-state index contributed by atoms with van der Waals surface area (Å²) in [5, 5.41) is 13.6. The maximum Gasteiger partial charge on any atom is 0.332 e. The maximum absolute atomic E-state index is 15.6. The van der Waals surface area contributed by atoms with Gasteiger partial charge < -0.3 is 20.9 Å². The summed E-state index contributed by atoms with van der Waals surface area (Å²) >= 11 is 0. The van der Waals surface area contributed by atoms with Crippen LogP contribution in [0, 0.1) is 17.7 Å². The van der Waals surface area contributed by atoms with E-state index >= 15 is 4.39 Å². The number of carbonyl (C=O) groups excluding carboxylic acids is 2. The number of hydrogen-bond acceptors (Lipinski definition) is 8. The van der Waals surface area contributed by atoms with Gasteiger partial charge in [-0.25, -0.2) is 8.70 Å². The summed E-state index contributed by atoms with van der Waals surface area (Å²) in [6.07, 6.45) is 0.348. The van der Waals surface area contributed by atoms with E-state index in [0.717, 1.165) is 0 Å². The first kappa shape index (κ1) is 25.9. The Morgan fingerprint density at radius 1 is 1.26 bits per heavy atom. The number of halogens is 1. The molecule has 10 nitrogen and oxygen atoms in total. The van der Waals surface area contributed by atoms with Crippen molar-refractivity contribution in [3.8, 4) is 5.75 Å². The average Bonchev–Trinajstić information content (AvgIpc) is 3.30. The topological polar surface area (TPSA) is 142 Å². The molecule has 0 bridgehead atoms. The number of phenolic OH excluding ortho intramolecular Hbond substituents is 1. The van der Waals surface area contributed by atoms with Crippen molar-refractivity contribution in [2.24, 2.45) is 17.6 Å². The Balaban J connectivity index is 1.95. The summed E-state index contributed by atoms with van der Waals surface area (Å²) in [4.78, 5) is 24.8. The van der Waals surface area contributed by atoms with E-state index in [1.807, 2.05) is 19.9 Å². The molecule has 0 radical (unpaired) electrons. The van der Waals surface area contributed by atoms with E-state index in [2.05, 4.69) is 5.32 Å². The van der Waals surface area contributed by atoms with Crippen molar-refractivity contribution in [3.05, 3.63) is 29.6 Å². The lowest BCUT2D eigenvalue weighted by atomic mass is 10.0. The van der Waals surface area contributed by atoms with Gasteiger partial charge in [-0.05, 0) is 36.5 Å². The summed E-state index contributed by atoms with van der Waals surface area (Å²) < 4.78 is 48.0. The Morgan fingerprint density at radius 2 is 1.91 bits per heavy atom. The molecule has 188 valence electrons. The predicted octanol–water partition coefficient (Wildman–Crippen LogP) is 1.31. The second-order valence-electron chi connectivity index (χ2n) is 9.15. The lowest BCUT2D eigenvalue weighted by molar-refractivity contribution is -0.158. The van der Waals surface area contributed by atoms with Crippen molar-refractivity contribution in [1.29, 1.82) is 0 Å². The first-order valence-electron chi connectivity index (χ1n) is 11.0. The van der Waals surface area contributed by atoms with Gasteiger partial charge in [0.25, 0.3) is 5.91 Å². The van der Waals surface area contributed by atoms with Crippen LogP contribution in [0.1, 0.15) is 40.2 Å².